The fourth-order valence-electron chi connectivity index (χ4n) is 3.43. The van der Waals surface area contributed by atoms with Crippen LogP contribution in [0.25, 0.3) is 0 Å². The van der Waals surface area contributed by atoms with Gasteiger partial charge in [-0.1, -0.05) is 97.3 Å². The first-order valence-electron chi connectivity index (χ1n) is 10.9. The third-order valence-corrected chi connectivity index (χ3v) is 5.23. The van der Waals surface area contributed by atoms with Crippen LogP contribution in [0.15, 0.2) is 0 Å². The third-order valence-electron chi connectivity index (χ3n) is 5.23. The first-order valence-corrected chi connectivity index (χ1v) is 10.9. The Balaban J connectivity index is 0. The van der Waals surface area contributed by atoms with Crippen molar-refractivity contribution in [2.75, 3.05) is 27.2 Å². The molecule has 0 bridgehead atoms. The molecule has 0 saturated heterocycles. The molecule has 0 atom stereocenters. The fraction of sp³-hybridized carbons (Fsp3) is 1.00. The van der Waals surface area contributed by atoms with E-state index in [4.69, 9.17) is 0 Å². The van der Waals surface area contributed by atoms with Gasteiger partial charge in [0.25, 0.3) is 0 Å². The Bertz CT molecular complexity index is 228. The molecule has 0 aliphatic rings. The normalized spacial score (nSPS) is 11.5. The molecule has 0 N–H and O–H groups in total. The summed E-state index contributed by atoms with van der Waals surface area (Å²) in [6.07, 6.45) is 23.1. The average Bonchev–Trinajstić information content (AvgIpc) is 2.53. The zero-order valence-corrected chi connectivity index (χ0v) is 19.1. The molecule has 0 aromatic rings. The van der Waals surface area contributed by atoms with E-state index in [1.807, 2.05) is 0 Å². The standard InChI is InChI=1S/C22H48N.BrH/c1-5-7-9-10-11-12-13-14-15-16-17-18-19-20-22-23(3,4)21-8-6-2;/h5-22H2,1-4H3;1H/q+1;/p-1. The number of hydrogen-bond acceptors (Lipinski definition) is 0. The highest BCUT2D eigenvalue weighted by Gasteiger charge is 2.12. The molecule has 0 aromatic carbocycles. The van der Waals surface area contributed by atoms with Gasteiger partial charge in [-0.15, -0.1) is 0 Å². The van der Waals surface area contributed by atoms with E-state index < -0.39 is 0 Å². The van der Waals surface area contributed by atoms with Crippen molar-refractivity contribution in [2.24, 2.45) is 0 Å². The minimum Gasteiger partial charge on any atom is -1.00 e. The Labute approximate surface area is 165 Å². The summed E-state index contributed by atoms with van der Waals surface area (Å²) in [5.41, 5.74) is 0. The maximum atomic E-state index is 2.40. The lowest BCUT2D eigenvalue weighted by molar-refractivity contribution is -0.890. The lowest BCUT2D eigenvalue weighted by atomic mass is 10.0. The molecule has 0 rings (SSSR count). The van der Waals surface area contributed by atoms with E-state index in [1.54, 1.807) is 0 Å². The summed E-state index contributed by atoms with van der Waals surface area (Å²) in [7, 11) is 4.80. The van der Waals surface area contributed by atoms with Crippen molar-refractivity contribution in [1.82, 2.24) is 0 Å². The van der Waals surface area contributed by atoms with Crippen LogP contribution in [0, 0.1) is 0 Å². The van der Waals surface area contributed by atoms with Crippen molar-refractivity contribution in [3.8, 4) is 0 Å². The molecule has 0 fully saturated rings. The van der Waals surface area contributed by atoms with Crippen LogP contribution in [0.2, 0.25) is 0 Å². The number of halogens is 1. The van der Waals surface area contributed by atoms with Crippen LogP contribution in [0.3, 0.4) is 0 Å². The van der Waals surface area contributed by atoms with Gasteiger partial charge >= 0.3 is 0 Å². The second-order valence-electron chi connectivity index (χ2n) is 8.33. The maximum absolute atomic E-state index is 2.40. The van der Waals surface area contributed by atoms with Crippen LogP contribution in [0.5, 0.6) is 0 Å². The highest BCUT2D eigenvalue weighted by Crippen LogP contribution is 2.13. The van der Waals surface area contributed by atoms with E-state index in [0.717, 1.165) is 0 Å². The predicted molar refractivity (Wildman–Crippen MR) is 107 cm³/mol. The zero-order valence-electron chi connectivity index (χ0n) is 17.6. The summed E-state index contributed by atoms with van der Waals surface area (Å²) in [6, 6.07) is 0. The first-order chi connectivity index (χ1) is 11.1. The molecule has 0 aromatic heterocycles. The molecular formula is C22H48BrN. The van der Waals surface area contributed by atoms with Crippen LogP contribution < -0.4 is 17.0 Å². The van der Waals surface area contributed by atoms with Gasteiger partial charge in [0, 0.05) is 0 Å². The summed E-state index contributed by atoms with van der Waals surface area (Å²) >= 11 is 0. The second-order valence-corrected chi connectivity index (χ2v) is 8.33. The minimum atomic E-state index is 0. The number of rotatable bonds is 18. The lowest BCUT2D eigenvalue weighted by Gasteiger charge is -2.29. The Morgan fingerprint density at radius 2 is 0.708 bits per heavy atom. The van der Waals surface area contributed by atoms with Gasteiger partial charge in [0.05, 0.1) is 27.2 Å². The topological polar surface area (TPSA) is 0 Å². The monoisotopic (exact) mass is 405 g/mol. The number of unbranched alkanes of at least 4 members (excludes halogenated alkanes) is 14. The van der Waals surface area contributed by atoms with E-state index in [-0.39, 0.29) is 17.0 Å². The van der Waals surface area contributed by atoms with Crippen molar-refractivity contribution < 1.29 is 21.5 Å². The number of quaternary nitrogens is 1. The molecule has 1 nitrogen and oxygen atoms in total. The van der Waals surface area contributed by atoms with Gasteiger partial charge in [0.15, 0.2) is 0 Å². The van der Waals surface area contributed by atoms with Crippen molar-refractivity contribution in [3.05, 3.63) is 0 Å². The van der Waals surface area contributed by atoms with Gasteiger partial charge in [0.1, 0.15) is 0 Å². The summed E-state index contributed by atoms with van der Waals surface area (Å²) in [6.45, 7) is 7.33. The Kier molecular flexibility index (Phi) is 22.0. The van der Waals surface area contributed by atoms with E-state index >= 15 is 0 Å². The average molecular weight is 407 g/mol. The van der Waals surface area contributed by atoms with Crippen LogP contribution in [-0.2, 0) is 0 Å². The predicted octanol–water partition coefficient (Wildman–Crippen LogP) is 4.35. The third kappa shape index (κ3) is 20.5. The lowest BCUT2D eigenvalue weighted by Crippen LogP contribution is -3.00. The van der Waals surface area contributed by atoms with E-state index in [2.05, 4.69) is 27.9 Å². The number of hydrogen-bond donors (Lipinski definition) is 0. The van der Waals surface area contributed by atoms with Crippen LogP contribution in [0.1, 0.15) is 117 Å². The van der Waals surface area contributed by atoms with Gasteiger partial charge in [-0.2, -0.15) is 0 Å². The highest BCUT2D eigenvalue weighted by atomic mass is 79.9. The largest absolute Gasteiger partial charge is 1.00 e. The van der Waals surface area contributed by atoms with Crippen molar-refractivity contribution in [3.63, 3.8) is 0 Å². The van der Waals surface area contributed by atoms with Crippen molar-refractivity contribution >= 4 is 0 Å². The summed E-state index contributed by atoms with van der Waals surface area (Å²) in [5.74, 6) is 0. The van der Waals surface area contributed by atoms with Crippen molar-refractivity contribution in [2.45, 2.75) is 117 Å². The summed E-state index contributed by atoms with van der Waals surface area (Å²) in [5, 5.41) is 0. The molecule has 0 amide bonds. The van der Waals surface area contributed by atoms with Crippen LogP contribution >= 0.6 is 0 Å². The van der Waals surface area contributed by atoms with Crippen molar-refractivity contribution in [1.29, 1.82) is 0 Å². The molecule has 0 unspecified atom stereocenters. The summed E-state index contributed by atoms with van der Waals surface area (Å²) in [4.78, 5) is 0. The van der Waals surface area contributed by atoms with Crippen LogP contribution in [-0.4, -0.2) is 31.7 Å². The van der Waals surface area contributed by atoms with Gasteiger partial charge in [-0.05, 0) is 19.3 Å². The van der Waals surface area contributed by atoms with E-state index in [1.165, 1.54) is 120 Å². The SMILES string of the molecule is CCCCCCCCCCCCCCCC[N+](C)(C)CCCC.[Br-]. The highest BCUT2D eigenvalue weighted by molar-refractivity contribution is 4.49. The molecule has 0 saturated carbocycles. The number of nitrogens with zero attached hydrogens (tertiary/aromatic N) is 1. The molecule has 0 aliphatic carbocycles. The van der Waals surface area contributed by atoms with Gasteiger partial charge < -0.3 is 21.5 Å². The fourth-order valence-corrected chi connectivity index (χ4v) is 3.43. The molecular weight excluding hydrogens is 358 g/mol. The Hall–Kier alpha value is 0.440. The van der Waals surface area contributed by atoms with E-state index in [0.29, 0.717) is 0 Å². The first kappa shape index (κ1) is 26.7. The quantitative estimate of drug-likeness (QED) is 0.235. The van der Waals surface area contributed by atoms with Crippen LogP contribution in [0.4, 0.5) is 0 Å². The summed E-state index contributed by atoms with van der Waals surface area (Å²) < 4.78 is 1.23. The molecule has 24 heavy (non-hydrogen) atoms. The van der Waals surface area contributed by atoms with Gasteiger partial charge in [0.2, 0.25) is 0 Å². The van der Waals surface area contributed by atoms with Gasteiger partial charge in [-0.25, -0.2) is 0 Å². The zero-order chi connectivity index (χ0) is 17.2. The molecule has 148 valence electrons. The molecule has 0 aliphatic heterocycles. The van der Waals surface area contributed by atoms with Gasteiger partial charge in [-0.3, -0.25) is 0 Å². The minimum absolute atomic E-state index is 0. The maximum Gasteiger partial charge on any atom is 0.0782 e. The second kappa shape index (κ2) is 19.8. The molecule has 0 radical (unpaired) electrons. The molecule has 0 spiro atoms. The smallest absolute Gasteiger partial charge is 0.0782 e. The van der Waals surface area contributed by atoms with E-state index in [9.17, 15) is 0 Å². The Morgan fingerprint density at radius 3 is 1.08 bits per heavy atom. The molecule has 2 heteroatoms. The Morgan fingerprint density at radius 1 is 0.417 bits per heavy atom. The molecule has 0 heterocycles.